The maximum Gasteiger partial charge on any atom is 0.124 e. The molecule has 0 spiro atoms. The Morgan fingerprint density at radius 1 is 1.10 bits per heavy atom. The Morgan fingerprint density at radius 3 is 1.80 bits per heavy atom. The van der Waals surface area contributed by atoms with Gasteiger partial charge in [-0.05, 0) is 13.8 Å². The topological polar surface area (TPSA) is 35.5 Å². The maximum atomic E-state index is 10.8. The van der Waals surface area contributed by atoms with Gasteiger partial charge < -0.3 is 9.47 Å². The number of hydrogen-bond donors (Lipinski definition) is 0. The molecule has 0 aliphatic heterocycles. The van der Waals surface area contributed by atoms with Crippen molar-refractivity contribution in [1.29, 1.82) is 0 Å². The molecule has 0 aliphatic carbocycles. The highest BCUT2D eigenvalue weighted by Gasteiger charge is 1.96. The summed E-state index contributed by atoms with van der Waals surface area (Å²) in [5, 5.41) is 0. The van der Waals surface area contributed by atoms with Gasteiger partial charge >= 0.3 is 0 Å². The van der Waals surface area contributed by atoms with Crippen molar-refractivity contribution in [3.63, 3.8) is 0 Å². The summed E-state index contributed by atoms with van der Waals surface area (Å²) < 4.78 is 20.6. The van der Waals surface area contributed by atoms with E-state index in [4.69, 9.17) is 9.47 Å². The molecule has 0 amide bonds. The minimum atomic E-state index is -0.964. The highest BCUT2D eigenvalue weighted by atomic mass is 32.2. The van der Waals surface area contributed by atoms with Crippen molar-refractivity contribution in [1.82, 2.24) is 0 Å². The molecular formula is C6H14O3S. The third-order valence-corrected chi connectivity index (χ3v) is 1.70. The van der Waals surface area contributed by atoms with E-state index in [0.29, 0.717) is 13.2 Å². The second kappa shape index (κ2) is 7.18. The SMILES string of the molecule is CCOCS(=O)COCC. The van der Waals surface area contributed by atoms with E-state index in [1.54, 1.807) is 0 Å². The lowest BCUT2D eigenvalue weighted by Crippen LogP contribution is -2.08. The first-order valence-corrected chi connectivity index (χ1v) is 4.80. The average Bonchev–Trinajstić information content (AvgIpc) is 1.97. The number of rotatable bonds is 6. The van der Waals surface area contributed by atoms with Crippen molar-refractivity contribution in [3.05, 3.63) is 0 Å². The summed E-state index contributed by atoms with van der Waals surface area (Å²) in [7, 11) is -0.964. The molecular weight excluding hydrogens is 152 g/mol. The summed E-state index contributed by atoms with van der Waals surface area (Å²) in [4.78, 5) is 0. The van der Waals surface area contributed by atoms with Gasteiger partial charge in [0, 0.05) is 13.2 Å². The third kappa shape index (κ3) is 6.19. The molecule has 0 N–H and O–H groups in total. The van der Waals surface area contributed by atoms with E-state index in [-0.39, 0.29) is 11.9 Å². The highest BCUT2D eigenvalue weighted by molar-refractivity contribution is 7.84. The molecule has 0 radical (unpaired) electrons. The van der Waals surface area contributed by atoms with Crippen LogP contribution in [0.5, 0.6) is 0 Å². The van der Waals surface area contributed by atoms with Gasteiger partial charge in [-0.15, -0.1) is 0 Å². The summed E-state index contributed by atoms with van der Waals surface area (Å²) in [6.07, 6.45) is 0. The fourth-order valence-electron chi connectivity index (χ4n) is 0.387. The van der Waals surface area contributed by atoms with E-state index >= 15 is 0 Å². The molecule has 0 rings (SSSR count). The number of ether oxygens (including phenoxy) is 2. The normalized spacial score (nSPS) is 10.7. The van der Waals surface area contributed by atoms with E-state index in [1.165, 1.54) is 0 Å². The fraction of sp³-hybridized carbons (Fsp3) is 1.00. The lowest BCUT2D eigenvalue weighted by Gasteiger charge is -2.00. The Labute approximate surface area is 64.2 Å². The van der Waals surface area contributed by atoms with Gasteiger partial charge in [0.2, 0.25) is 0 Å². The lowest BCUT2D eigenvalue weighted by atomic mass is 10.9. The quantitative estimate of drug-likeness (QED) is 0.583. The monoisotopic (exact) mass is 166 g/mol. The molecule has 0 aliphatic rings. The standard InChI is InChI=1S/C6H14O3S/c1-3-8-5-10(7)6-9-4-2/h3-6H2,1-2H3. The molecule has 0 heterocycles. The molecule has 3 nitrogen and oxygen atoms in total. The van der Waals surface area contributed by atoms with E-state index in [2.05, 4.69) is 0 Å². The van der Waals surface area contributed by atoms with Gasteiger partial charge in [0.1, 0.15) is 11.9 Å². The molecule has 4 heteroatoms. The first-order valence-electron chi connectivity index (χ1n) is 3.31. The first kappa shape index (κ1) is 10.1. The van der Waals surface area contributed by atoms with Crippen LogP contribution in [0.3, 0.4) is 0 Å². The molecule has 0 aromatic carbocycles. The van der Waals surface area contributed by atoms with Crippen LogP contribution in [0.15, 0.2) is 0 Å². The minimum Gasteiger partial charge on any atom is -0.368 e. The van der Waals surface area contributed by atoms with Gasteiger partial charge in [-0.2, -0.15) is 0 Å². The van der Waals surface area contributed by atoms with Gasteiger partial charge in [0.05, 0.1) is 10.8 Å². The van der Waals surface area contributed by atoms with Crippen LogP contribution in [0, 0.1) is 0 Å². The van der Waals surface area contributed by atoms with Crippen LogP contribution in [-0.2, 0) is 20.3 Å². The van der Waals surface area contributed by atoms with Crippen molar-refractivity contribution >= 4 is 10.8 Å². The molecule has 0 saturated carbocycles. The molecule has 0 atom stereocenters. The predicted octanol–water partition coefficient (Wildman–Crippen LogP) is 0.723. The van der Waals surface area contributed by atoms with Crippen LogP contribution in [0.1, 0.15) is 13.8 Å². The Bertz CT molecular complexity index is 85.0. The number of hydrogen-bond acceptors (Lipinski definition) is 3. The Morgan fingerprint density at radius 2 is 1.50 bits per heavy atom. The second-order valence-electron chi connectivity index (χ2n) is 1.66. The van der Waals surface area contributed by atoms with Crippen LogP contribution >= 0.6 is 0 Å². The van der Waals surface area contributed by atoms with Crippen molar-refractivity contribution in [3.8, 4) is 0 Å². The second-order valence-corrected chi connectivity index (χ2v) is 3.01. The molecule has 62 valence electrons. The third-order valence-electron chi connectivity index (χ3n) is 0.838. The average molecular weight is 166 g/mol. The van der Waals surface area contributed by atoms with Gasteiger partial charge in [-0.3, -0.25) is 4.21 Å². The van der Waals surface area contributed by atoms with Gasteiger partial charge in [0.15, 0.2) is 0 Å². The van der Waals surface area contributed by atoms with Gasteiger partial charge in [-0.25, -0.2) is 0 Å². The Kier molecular flexibility index (Phi) is 7.23. The maximum absolute atomic E-state index is 10.8. The molecule has 0 unspecified atom stereocenters. The largest absolute Gasteiger partial charge is 0.368 e. The molecule has 0 fully saturated rings. The molecule has 0 aromatic rings. The molecule has 0 bridgehead atoms. The lowest BCUT2D eigenvalue weighted by molar-refractivity contribution is 0.177. The summed E-state index contributed by atoms with van der Waals surface area (Å²) in [6.45, 7) is 4.96. The van der Waals surface area contributed by atoms with Crippen LogP contribution in [0.25, 0.3) is 0 Å². The zero-order valence-corrected chi connectivity index (χ0v) is 7.28. The fourth-order valence-corrected chi connectivity index (χ4v) is 1.16. The van der Waals surface area contributed by atoms with Crippen molar-refractivity contribution < 1.29 is 13.7 Å². The summed E-state index contributed by atoms with van der Waals surface area (Å²) in [6, 6.07) is 0. The van der Waals surface area contributed by atoms with Gasteiger partial charge in [-0.1, -0.05) is 0 Å². The van der Waals surface area contributed by atoms with Crippen LogP contribution in [0.2, 0.25) is 0 Å². The van der Waals surface area contributed by atoms with Crippen LogP contribution in [-0.4, -0.2) is 29.3 Å². The highest BCUT2D eigenvalue weighted by Crippen LogP contribution is 1.85. The van der Waals surface area contributed by atoms with Crippen LogP contribution in [0.4, 0.5) is 0 Å². The van der Waals surface area contributed by atoms with Gasteiger partial charge in [0.25, 0.3) is 0 Å². The van der Waals surface area contributed by atoms with Crippen LogP contribution < -0.4 is 0 Å². The van der Waals surface area contributed by atoms with E-state index in [1.807, 2.05) is 13.8 Å². The van der Waals surface area contributed by atoms with E-state index in [0.717, 1.165) is 0 Å². The summed E-state index contributed by atoms with van der Waals surface area (Å²) in [5.41, 5.74) is 0. The summed E-state index contributed by atoms with van der Waals surface area (Å²) in [5.74, 6) is 0.576. The smallest absolute Gasteiger partial charge is 0.124 e. The van der Waals surface area contributed by atoms with E-state index < -0.39 is 10.8 Å². The van der Waals surface area contributed by atoms with Crippen molar-refractivity contribution in [2.45, 2.75) is 13.8 Å². The Hall–Kier alpha value is 0.0700. The Balaban J connectivity index is 3.09. The van der Waals surface area contributed by atoms with Crippen molar-refractivity contribution in [2.75, 3.05) is 25.1 Å². The zero-order chi connectivity index (χ0) is 7.82. The van der Waals surface area contributed by atoms with E-state index in [9.17, 15) is 4.21 Å². The minimum absolute atomic E-state index is 0.288. The summed E-state index contributed by atoms with van der Waals surface area (Å²) >= 11 is 0. The van der Waals surface area contributed by atoms with Crippen molar-refractivity contribution in [2.24, 2.45) is 0 Å². The first-order chi connectivity index (χ1) is 4.81. The predicted molar refractivity (Wildman–Crippen MR) is 41.1 cm³/mol. The molecule has 0 saturated heterocycles. The molecule has 10 heavy (non-hydrogen) atoms. The zero-order valence-electron chi connectivity index (χ0n) is 6.46. The molecule has 0 aromatic heterocycles.